The molecular formula is C14H23N3O2S. The summed E-state index contributed by atoms with van der Waals surface area (Å²) in [7, 11) is 0. The molecule has 0 spiro atoms. The minimum atomic E-state index is -0.108. The zero-order valence-corrected chi connectivity index (χ0v) is 13.0. The van der Waals surface area contributed by atoms with E-state index in [1.807, 2.05) is 13.1 Å². The highest BCUT2D eigenvalue weighted by molar-refractivity contribution is 7.11. The Labute approximate surface area is 124 Å². The largest absolute Gasteiger partial charge is 0.378 e. The first-order valence-corrected chi connectivity index (χ1v) is 8.02. The fourth-order valence-corrected chi connectivity index (χ4v) is 3.04. The first-order chi connectivity index (χ1) is 9.65. The van der Waals surface area contributed by atoms with E-state index >= 15 is 0 Å². The van der Waals surface area contributed by atoms with E-state index in [2.05, 4.69) is 22.5 Å². The standard InChI is InChI=1S/C14H23N3O2S/c1-10(13-16-9-11(2)20-13)8-17-14(18)15-6-5-12-4-3-7-19-12/h9-10,12H,3-8H2,1-2H3,(H2,15,17,18)/t10-,12+/m1/s1. The van der Waals surface area contributed by atoms with Crippen LogP contribution in [0.3, 0.4) is 0 Å². The van der Waals surface area contributed by atoms with Crippen molar-refractivity contribution < 1.29 is 9.53 Å². The predicted octanol–water partition coefficient (Wildman–Crippen LogP) is 2.42. The van der Waals surface area contributed by atoms with Gasteiger partial charge in [0.25, 0.3) is 0 Å². The minimum Gasteiger partial charge on any atom is -0.378 e. The number of nitrogens with one attached hydrogen (secondary N) is 2. The highest BCUT2D eigenvalue weighted by atomic mass is 32.1. The molecule has 1 aromatic heterocycles. The second-order valence-corrected chi connectivity index (χ2v) is 6.54. The fourth-order valence-electron chi connectivity index (χ4n) is 2.21. The molecule has 2 amide bonds. The molecule has 1 saturated heterocycles. The number of amides is 2. The molecule has 0 aromatic carbocycles. The Bertz CT molecular complexity index is 430. The van der Waals surface area contributed by atoms with Crippen LogP contribution in [-0.2, 0) is 4.74 Å². The third-order valence-electron chi connectivity index (χ3n) is 3.41. The van der Waals surface area contributed by atoms with E-state index in [-0.39, 0.29) is 11.9 Å². The number of hydrogen-bond acceptors (Lipinski definition) is 4. The molecule has 2 rings (SSSR count). The van der Waals surface area contributed by atoms with Crippen LogP contribution < -0.4 is 10.6 Å². The third-order valence-corrected chi connectivity index (χ3v) is 4.55. The van der Waals surface area contributed by atoms with E-state index in [0.717, 1.165) is 30.9 Å². The van der Waals surface area contributed by atoms with Crippen LogP contribution in [0.4, 0.5) is 4.79 Å². The molecule has 112 valence electrons. The van der Waals surface area contributed by atoms with Crippen LogP contribution in [0.2, 0.25) is 0 Å². The molecule has 2 heterocycles. The molecule has 0 bridgehead atoms. The van der Waals surface area contributed by atoms with Crippen LogP contribution >= 0.6 is 11.3 Å². The Balaban J connectivity index is 1.59. The number of hydrogen-bond donors (Lipinski definition) is 2. The minimum absolute atomic E-state index is 0.108. The maximum Gasteiger partial charge on any atom is 0.314 e. The van der Waals surface area contributed by atoms with Crippen LogP contribution in [0.1, 0.15) is 42.0 Å². The second-order valence-electron chi connectivity index (χ2n) is 5.27. The highest BCUT2D eigenvalue weighted by Gasteiger charge is 2.15. The molecule has 2 N–H and O–H groups in total. The normalized spacial score (nSPS) is 19.8. The molecule has 0 unspecified atom stereocenters. The molecule has 1 aliphatic heterocycles. The van der Waals surface area contributed by atoms with Crippen LogP contribution in [0.25, 0.3) is 0 Å². The van der Waals surface area contributed by atoms with Gasteiger partial charge in [-0.25, -0.2) is 9.78 Å². The van der Waals surface area contributed by atoms with E-state index in [0.29, 0.717) is 19.2 Å². The van der Waals surface area contributed by atoms with Gasteiger partial charge in [0.1, 0.15) is 0 Å². The van der Waals surface area contributed by atoms with Crippen LogP contribution in [0.5, 0.6) is 0 Å². The molecule has 1 aromatic rings. The Morgan fingerprint density at radius 3 is 3.10 bits per heavy atom. The number of urea groups is 1. The van der Waals surface area contributed by atoms with Crippen molar-refractivity contribution in [3.05, 3.63) is 16.1 Å². The number of rotatable bonds is 6. The molecular weight excluding hydrogens is 274 g/mol. The smallest absolute Gasteiger partial charge is 0.314 e. The van der Waals surface area contributed by atoms with Gasteiger partial charge in [-0.3, -0.25) is 0 Å². The number of nitrogens with zero attached hydrogens (tertiary/aromatic N) is 1. The van der Waals surface area contributed by atoms with Gasteiger partial charge in [-0.15, -0.1) is 11.3 Å². The quantitative estimate of drug-likeness (QED) is 0.847. The molecule has 0 aliphatic carbocycles. The summed E-state index contributed by atoms with van der Waals surface area (Å²) in [6.07, 6.45) is 5.35. The van der Waals surface area contributed by atoms with E-state index in [9.17, 15) is 4.79 Å². The lowest BCUT2D eigenvalue weighted by molar-refractivity contribution is 0.104. The SMILES string of the molecule is Cc1cnc([C@H](C)CNC(=O)NCC[C@@H]2CCCO2)s1. The molecule has 0 radical (unpaired) electrons. The number of ether oxygens (including phenoxy) is 1. The van der Waals surface area contributed by atoms with E-state index in [4.69, 9.17) is 4.74 Å². The van der Waals surface area contributed by atoms with Crippen molar-refractivity contribution in [2.75, 3.05) is 19.7 Å². The zero-order valence-electron chi connectivity index (χ0n) is 12.1. The fraction of sp³-hybridized carbons (Fsp3) is 0.714. The molecule has 1 fully saturated rings. The van der Waals surface area contributed by atoms with Crippen molar-refractivity contribution in [1.29, 1.82) is 0 Å². The number of aromatic nitrogens is 1. The molecule has 20 heavy (non-hydrogen) atoms. The highest BCUT2D eigenvalue weighted by Crippen LogP contribution is 2.20. The van der Waals surface area contributed by atoms with Gasteiger partial charge in [0, 0.05) is 36.7 Å². The van der Waals surface area contributed by atoms with Crippen LogP contribution in [0, 0.1) is 6.92 Å². The summed E-state index contributed by atoms with van der Waals surface area (Å²) >= 11 is 1.68. The third kappa shape index (κ3) is 4.76. The Morgan fingerprint density at radius 2 is 2.45 bits per heavy atom. The summed E-state index contributed by atoms with van der Waals surface area (Å²) in [5, 5.41) is 6.84. The Hall–Kier alpha value is -1.14. The van der Waals surface area contributed by atoms with Gasteiger partial charge in [-0.1, -0.05) is 6.92 Å². The number of aryl methyl sites for hydroxylation is 1. The van der Waals surface area contributed by atoms with E-state index < -0.39 is 0 Å². The summed E-state index contributed by atoms with van der Waals surface area (Å²) in [6.45, 7) is 6.26. The average Bonchev–Trinajstić information content (AvgIpc) is 3.07. The van der Waals surface area contributed by atoms with Gasteiger partial charge in [-0.05, 0) is 26.2 Å². The lowest BCUT2D eigenvalue weighted by Crippen LogP contribution is -2.38. The lowest BCUT2D eigenvalue weighted by atomic mass is 10.2. The van der Waals surface area contributed by atoms with E-state index in [1.165, 1.54) is 4.88 Å². The van der Waals surface area contributed by atoms with Gasteiger partial charge >= 0.3 is 6.03 Å². The summed E-state index contributed by atoms with van der Waals surface area (Å²) < 4.78 is 5.51. The molecule has 0 saturated carbocycles. The summed E-state index contributed by atoms with van der Waals surface area (Å²) in [5.74, 6) is 0.248. The predicted molar refractivity (Wildman–Crippen MR) is 80.3 cm³/mol. The van der Waals surface area contributed by atoms with Gasteiger partial charge in [-0.2, -0.15) is 0 Å². The van der Waals surface area contributed by atoms with Crippen molar-refractivity contribution >= 4 is 17.4 Å². The summed E-state index contributed by atoms with van der Waals surface area (Å²) in [4.78, 5) is 17.2. The number of carbonyl (C=O) groups excluding carboxylic acids is 1. The maximum atomic E-state index is 11.7. The van der Waals surface area contributed by atoms with Crippen molar-refractivity contribution in [1.82, 2.24) is 15.6 Å². The van der Waals surface area contributed by atoms with Gasteiger partial charge in [0.15, 0.2) is 0 Å². The first-order valence-electron chi connectivity index (χ1n) is 7.21. The van der Waals surface area contributed by atoms with Crippen molar-refractivity contribution in [2.24, 2.45) is 0 Å². The molecule has 2 atom stereocenters. The number of carbonyl (C=O) groups is 1. The van der Waals surface area contributed by atoms with Crippen LogP contribution in [-0.4, -0.2) is 36.8 Å². The second kappa shape index (κ2) is 7.59. The van der Waals surface area contributed by atoms with Gasteiger partial charge in [0.05, 0.1) is 11.1 Å². The zero-order chi connectivity index (χ0) is 14.4. The van der Waals surface area contributed by atoms with Crippen LogP contribution in [0.15, 0.2) is 6.20 Å². The monoisotopic (exact) mass is 297 g/mol. The Morgan fingerprint density at radius 1 is 1.60 bits per heavy atom. The van der Waals surface area contributed by atoms with Gasteiger partial charge < -0.3 is 15.4 Å². The maximum absolute atomic E-state index is 11.7. The summed E-state index contributed by atoms with van der Waals surface area (Å²) in [6, 6.07) is -0.108. The average molecular weight is 297 g/mol. The molecule has 6 heteroatoms. The topological polar surface area (TPSA) is 63.2 Å². The Kier molecular flexibility index (Phi) is 5.79. The number of thiazole rings is 1. The van der Waals surface area contributed by atoms with Crippen molar-refractivity contribution in [3.63, 3.8) is 0 Å². The van der Waals surface area contributed by atoms with Gasteiger partial charge in [0.2, 0.25) is 0 Å². The first kappa shape index (κ1) is 15.3. The lowest BCUT2D eigenvalue weighted by Gasteiger charge is -2.13. The summed E-state index contributed by atoms with van der Waals surface area (Å²) in [5.41, 5.74) is 0. The van der Waals surface area contributed by atoms with Crippen molar-refractivity contribution in [2.45, 2.75) is 45.1 Å². The van der Waals surface area contributed by atoms with E-state index in [1.54, 1.807) is 11.3 Å². The molecule has 1 aliphatic rings. The van der Waals surface area contributed by atoms with Crippen molar-refractivity contribution in [3.8, 4) is 0 Å². The molecule has 5 nitrogen and oxygen atoms in total.